The molecular weight excluding hydrogens is 378 g/mol. The van der Waals surface area contributed by atoms with Crippen LogP contribution < -0.4 is 16.6 Å². The molecule has 4 rings (SSSR count). The first-order valence-corrected chi connectivity index (χ1v) is 10.1. The summed E-state index contributed by atoms with van der Waals surface area (Å²) >= 11 is 0. The van der Waals surface area contributed by atoms with Crippen molar-refractivity contribution >= 4 is 16.4 Å². The fourth-order valence-corrected chi connectivity index (χ4v) is 4.99. The summed E-state index contributed by atoms with van der Waals surface area (Å²) in [6.45, 7) is 2.40. The zero-order chi connectivity index (χ0) is 19.3. The molecule has 0 radical (unpaired) electrons. The van der Waals surface area contributed by atoms with E-state index < -0.39 is 27.8 Å². The van der Waals surface area contributed by atoms with Crippen LogP contribution >= 0.6 is 0 Å². The van der Waals surface area contributed by atoms with Gasteiger partial charge in [-0.25, -0.2) is 8.98 Å². The second-order valence-corrected chi connectivity index (χ2v) is 8.39. The molecule has 4 heterocycles. The zero-order valence-corrected chi connectivity index (χ0v) is 15.4. The summed E-state index contributed by atoms with van der Waals surface area (Å²) in [6.07, 6.45) is 0.883. The topological polar surface area (TPSA) is 157 Å². The van der Waals surface area contributed by atoms with Crippen LogP contribution in [0.5, 0.6) is 0 Å². The van der Waals surface area contributed by atoms with Crippen LogP contribution in [0, 0.1) is 5.92 Å². The van der Waals surface area contributed by atoms with Gasteiger partial charge in [0.15, 0.2) is 5.96 Å². The van der Waals surface area contributed by atoms with Crippen LogP contribution in [0.2, 0.25) is 0 Å². The van der Waals surface area contributed by atoms with Gasteiger partial charge in [0.1, 0.15) is 0 Å². The van der Waals surface area contributed by atoms with Crippen LogP contribution in [0.15, 0.2) is 20.6 Å². The SMILES string of the molecule is C[C@H]1[C@@H](OS(=O)(=O)O)C[C@@H]2C[C@@H](Cc3cc(=O)[nH]c(=O)[nH]3)NC3=NC[C@H]1N32. The Morgan fingerprint density at radius 3 is 2.81 bits per heavy atom. The molecule has 0 aromatic carbocycles. The fraction of sp³-hybridized carbons (Fsp3) is 0.667. The Kier molecular flexibility index (Phi) is 4.35. The average Bonchev–Trinajstić information content (AvgIpc) is 2.94. The first kappa shape index (κ1) is 18.2. The van der Waals surface area contributed by atoms with Crippen molar-refractivity contribution in [1.29, 1.82) is 0 Å². The van der Waals surface area contributed by atoms with E-state index in [0.29, 0.717) is 31.5 Å². The summed E-state index contributed by atoms with van der Waals surface area (Å²) in [7, 11) is -4.53. The number of guanidine groups is 1. The normalized spacial score (nSPS) is 32.6. The minimum Gasteiger partial charge on any atom is -0.353 e. The Balaban J connectivity index is 1.54. The van der Waals surface area contributed by atoms with Crippen LogP contribution in [-0.4, -0.2) is 64.6 Å². The average molecular weight is 399 g/mol. The van der Waals surface area contributed by atoms with Crippen molar-refractivity contribution in [1.82, 2.24) is 20.2 Å². The predicted octanol–water partition coefficient (Wildman–Crippen LogP) is -1.40. The van der Waals surface area contributed by atoms with Crippen molar-refractivity contribution in [3.8, 4) is 0 Å². The summed E-state index contributed by atoms with van der Waals surface area (Å²) < 4.78 is 36.4. The third-order valence-electron chi connectivity index (χ3n) is 5.54. The van der Waals surface area contributed by atoms with E-state index in [1.165, 1.54) is 6.07 Å². The van der Waals surface area contributed by atoms with Gasteiger partial charge >= 0.3 is 16.1 Å². The van der Waals surface area contributed by atoms with Crippen molar-refractivity contribution in [3.63, 3.8) is 0 Å². The molecule has 2 fully saturated rings. The van der Waals surface area contributed by atoms with Crippen LogP contribution in [0.3, 0.4) is 0 Å². The van der Waals surface area contributed by atoms with Crippen molar-refractivity contribution in [2.75, 3.05) is 6.54 Å². The second kappa shape index (κ2) is 6.46. The molecule has 3 aliphatic heterocycles. The third-order valence-corrected chi connectivity index (χ3v) is 6.03. The molecule has 12 heteroatoms. The number of H-pyrrole nitrogens is 2. The maximum atomic E-state index is 11.5. The number of nitrogens with one attached hydrogen (secondary N) is 3. The van der Waals surface area contributed by atoms with Crippen molar-refractivity contribution in [2.45, 2.75) is 50.4 Å². The highest BCUT2D eigenvalue weighted by molar-refractivity contribution is 7.80. The number of piperidine rings is 1. The molecule has 0 unspecified atom stereocenters. The lowest BCUT2D eigenvalue weighted by molar-refractivity contribution is 0.00102. The van der Waals surface area contributed by atoms with Crippen molar-refractivity contribution in [3.05, 3.63) is 32.6 Å². The van der Waals surface area contributed by atoms with Gasteiger partial charge in [0, 0.05) is 36.2 Å². The van der Waals surface area contributed by atoms with Gasteiger partial charge in [-0.15, -0.1) is 0 Å². The van der Waals surface area contributed by atoms with E-state index in [9.17, 15) is 18.0 Å². The van der Waals surface area contributed by atoms with Crippen LogP contribution in [0.1, 0.15) is 25.5 Å². The molecule has 5 atom stereocenters. The monoisotopic (exact) mass is 399 g/mol. The van der Waals surface area contributed by atoms with E-state index in [4.69, 9.17) is 8.74 Å². The summed E-state index contributed by atoms with van der Waals surface area (Å²) in [5.41, 5.74) is -0.501. The molecule has 148 valence electrons. The fourth-order valence-electron chi connectivity index (χ4n) is 4.43. The largest absolute Gasteiger partial charge is 0.397 e. The predicted molar refractivity (Wildman–Crippen MR) is 94.8 cm³/mol. The first-order chi connectivity index (χ1) is 12.7. The minimum absolute atomic E-state index is 0.00155. The van der Waals surface area contributed by atoms with Gasteiger partial charge in [0.2, 0.25) is 0 Å². The number of aliphatic imine (C=N–C) groups is 1. The molecule has 0 spiro atoms. The van der Waals surface area contributed by atoms with Gasteiger partial charge < -0.3 is 15.2 Å². The third kappa shape index (κ3) is 3.64. The van der Waals surface area contributed by atoms with Crippen LogP contribution in [-0.2, 0) is 21.0 Å². The molecule has 1 aromatic heterocycles. The van der Waals surface area contributed by atoms with Gasteiger partial charge in [0.25, 0.3) is 5.56 Å². The van der Waals surface area contributed by atoms with Gasteiger partial charge in [-0.05, 0) is 12.8 Å². The number of hydrogen-bond donors (Lipinski definition) is 4. The molecule has 27 heavy (non-hydrogen) atoms. The maximum absolute atomic E-state index is 11.5. The molecule has 0 bridgehead atoms. The van der Waals surface area contributed by atoms with E-state index in [1.54, 1.807) is 0 Å². The lowest BCUT2D eigenvalue weighted by Crippen LogP contribution is -2.64. The van der Waals surface area contributed by atoms with E-state index in [1.807, 2.05) is 6.92 Å². The quantitative estimate of drug-likeness (QED) is 0.451. The highest BCUT2D eigenvalue weighted by Crippen LogP contribution is 2.37. The molecule has 0 aliphatic carbocycles. The maximum Gasteiger partial charge on any atom is 0.397 e. The van der Waals surface area contributed by atoms with Gasteiger partial charge in [0.05, 0.1) is 18.7 Å². The highest BCUT2D eigenvalue weighted by atomic mass is 32.3. The molecule has 1 aromatic rings. The lowest BCUT2D eigenvalue weighted by atomic mass is 9.81. The Morgan fingerprint density at radius 1 is 1.33 bits per heavy atom. The number of aromatic nitrogens is 2. The van der Waals surface area contributed by atoms with Crippen LogP contribution in [0.25, 0.3) is 0 Å². The van der Waals surface area contributed by atoms with E-state index >= 15 is 0 Å². The van der Waals surface area contributed by atoms with Crippen molar-refractivity contribution < 1.29 is 17.2 Å². The number of nitrogens with zero attached hydrogens (tertiary/aromatic N) is 2. The number of aromatic amines is 2. The molecular formula is C15H21N5O6S. The summed E-state index contributed by atoms with van der Waals surface area (Å²) in [4.78, 5) is 34.4. The summed E-state index contributed by atoms with van der Waals surface area (Å²) in [5.74, 6) is 0.623. The second-order valence-electron chi connectivity index (χ2n) is 7.34. The van der Waals surface area contributed by atoms with Gasteiger partial charge in [-0.2, -0.15) is 8.42 Å². The highest BCUT2D eigenvalue weighted by Gasteiger charge is 2.49. The number of hydrogen-bond acceptors (Lipinski definition) is 8. The zero-order valence-electron chi connectivity index (χ0n) is 14.6. The minimum atomic E-state index is -4.53. The van der Waals surface area contributed by atoms with E-state index in [-0.39, 0.29) is 24.0 Å². The molecule has 2 saturated heterocycles. The standard InChI is InChI=1S/C15H21N5O6S/c1-7-11-6-16-14-17-8(2-9-4-13(21)19-15(22)18-9)3-10(20(11)14)5-12(7)26-27(23,24)25/h4,7-8,10-12H,2-3,5-6H2,1H3,(H,16,17)(H,23,24,25)(H2,18,19,21,22)/t7-,8-,10+,11-,12+/m1/s1. The Hall–Kier alpha value is -2.18. The first-order valence-electron chi connectivity index (χ1n) is 8.77. The summed E-state index contributed by atoms with van der Waals surface area (Å²) in [5, 5.41) is 3.35. The van der Waals surface area contributed by atoms with Crippen molar-refractivity contribution in [2.24, 2.45) is 10.9 Å². The molecule has 0 amide bonds. The van der Waals surface area contributed by atoms with Gasteiger partial charge in [-0.3, -0.25) is 19.3 Å². The Bertz CT molecular complexity index is 957. The van der Waals surface area contributed by atoms with E-state index in [0.717, 1.165) is 5.96 Å². The molecule has 3 aliphatic rings. The smallest absolute Gasteiger partial charge is 0.353 e. The summed E-state index contributed by atoms with van der Waals surface area (Å²) in [6, 6.07) is 1.25. The Morgan fingerprint density at radius 2 is 2.11 bits per heavy atom. The number of rotatable bonds is 4. The Labute approximate surface area is 154 Å². The molecule has 0 saturated carbocycles. The molecule has 11 nitrogen and oxygen atoms in total. The van der Waals surface area contributed by atoms with Gasteiger partial charge in [-0.1, -0.05) is 6.92 Å². The lowest BCUT2D eigenvalue weighted by Gasteiger charge is -2.50. The van der Waals surface area contributed by atoms with E-state index in [2.05, 4.69) is 25.2 Å². The van der Waals surface area contributed by atoms with Crippen LogP contribution in [0.4, 0.5) is 0 Å². The molecule has 4 N–H and O–H groups in total.